The first-order valence-electron chi connectivity index (χ1n) is 4.04. The molecule has 0 heterocycles. The second-order valence-electron chi connectivity index (χ2n) is 2.76. The number of nitriles is 1. The average Bonchev–Trinajstić information content (AvgIpc) is 2.26. The lowest BCUT2D eigenvalue weighted by Gasteiger charge is -2.07. The van der Waals surface area contributed by atoms with Crippen LogP contribution in [0.25, 0.3) is 0 Å². The highest BCUT2D eigenvalue weighted by Crippen LogP contribution is 2.22. The summed E-state index contributed by atoms with van der Waals surface area (Å²) in [7, 11) is 1.28. The zero-order valence-electron chi connectivity index (χ0n) is 7.95. The van der Waals surface area contributed by atoms with Crippen LogP contribution < -0.4 is 0 Å². The van der Waals surface area contributed by atoms with E-state index < -0.39 is 5.97 Å². The van der Waals surface area contributed by atoms with Crippen molar-refractivity contribution >= 4 is 30.2 Å². The van der Waals surface area contributed by atoms with Crippen molar-refractivity contribution in [1.82, 2.24) is 0 Å². The molecule has 0 spiro atoms. The highest BCUT2D eigenvalue weighted by atomic mass is 35.5. The number of hydrogen-bond donors (Lipinski definition) is 1. The Labute approximate surface area is 98.0 Å². The fourth-order valence-electron chi connectivity index (χ4n) is 1.19. The number of esters is 1. The zero-order chi connectivity index (χ0) is 11.4. The summed E-state index contributed by atoms with van der Waals surface area (Å²) in [4.78, 5) is 11.9. The number of carbonyl (C=O) groups excluding carboxylic acids is 1. The van der Waals surface area contributed by atoms with E-state index in [4.69, 9.17) is 16.9 Å². The molecule has 0 aliphatic heterocycles. The summed E-state index contributed by atoms with van der Waals surface area (Å²) < 4.78 is 4.59. The van der Waals surface area contributed by atoms with Crippen LogP contribution in [0.1, 0.15) is 21.5 Å². The Balaban J connectivity index is 3.43. The SMILES string of the molecule is COC(=O)c1cc(S)cc(C#N)c1CCl. The van der Waals surface area contributed by atoms with Crippen LogP contribution >= 0.6 is 24.2 Å². The normalized spacial score (nSPS) is 9.47. The van der Waals surface area contributed by atoms with Crippen LogP contribution in [0.2, 0.25) is 0 Å². The minimum Gasteiger partial charge on any atom is -0.465 e. The molecular formula is C10H8ClNO2S. The van der Waals surface area contributed by atoms with E-state index in [0.29, 0.717) is 16.0 Å². The summed E-state index contributed by atoms with van der Waals surface area (Å²) >= 11 is 9.78. The Bertz CT molecular complexity index is 440. The van der Waals surface area contributed by atoms with Gasteiger partial charge in [0, 0.05) is 10.8 Å². The summed E-state index contributed by atoms with van der Waals surface area (Å²) in [5.41, 5.74) is 1.11. The van der Waals surface area contributed by atoms with Gasteiger partial charge in [-0.05, 0) is 17.7 Å². The smallest absolute Gasteiger partial charge is 0.338 e. The number of alkyl halides is 1. The molecular weight excluding hydrogens is 234 g/mol. The third-order valence-corrected chi connectivity index (χ3v) is 2.42. The van der Waals surface area contributed by atoms with E-state index >= 15 is 0 Å². The summed E-state index contributed by atoms with van der Waals surface area (Å²) in [6.45, 7) is 0. The van der Waals surface area contributed by atoms with E-state index in [9.17, 15) is 4.79 Å². The van der Waals surface area contributed by atoms with E-state index in [-0.39, 0.29) is 11.4 Å². The van der Waals surface area contributed by atoms with Crippen LogP contribution in [-0.2, 0) is 10.6 Å². The fraction of sp³-hybridized carbons (Fsp3) is 0.200. The van der Waals surface area contributed by atoms with Crippen LogP contribution in [0.4, 0.5) is 0 Å². The monoisotopic (exact) mass is 241 g/mol. The Hall–Kier alpha value is -1.18. The van der Waals surface area contributed by atoms with Crippen LogP contribution in [-0.4, -0.2) is 13.1 Å². The fourth-order valence-corrected chi connectivity index (χ4v) is 1.74. The molecule has 0 fully saturated rings. The quantitative estimate of drug-likeness (QED) is 0.491. The van der Waals surface area contributed by atoms with Crippen molar-refractivity contribution in [2.75, 3.05) is 7.11 Å². The van der Waals surface area contributed by atoms with Crippen molar-refractivity contribution < 1.29 is 9.53 Å². The highest BCUT2D eigenvalue weighted by molar-refractivity contribution is 7.80. The van der Waals surface area contributed by atoms with Gasteiger partial charge >= 0.3 is 5.97 Å². The Kier molecular flexibility index (Phi) is 4.01. The molecule has 1 rings (SSSR count). The molecule has 15 heavy (non-hydrogen) atoms. The maximum absolute atomic E-state index is 11.4. The number of thiol groups is 1. The molecule has 0 aliphatic carbocycles. The van der Waals surface area contributed by atoms with E-state index in [1.54, 1.807) is 6.07 Å². The third-order valence-electron chi connectivity index (χ3n) is 1.89. The predicted octanol–water partition coefficient (Wildman–Crippen LogP) is 2.37. The summed E-state index contributed by atoms with van der Waals surface area (Å²) in [6, 6.07) is 5.06. The molecule has 1 aromatic rings. The van der Waals surface area contributed by atoms with Gasteiger partial charge in [-0.2, -0.15) is 5.26 Å². The molecule has 3 nitrogen and oxygen atoms in total. The van der Waals surface area contributed by atoms with Gasteiger partial charge in [-0.3, -0.25) is 0 Å². The minimum atomic E-state index is -0.516. The number of halogens is 1. The second-order valence-corrected chi connectivity index (χ2v) is 3.54. The van der Waals surface area contributed by atoms with Crippen LogP contribution in [0.15, 0.2) is 17.0 Å². The second kappa shape index (κ2) is 5.06. The molecule has 0 radical (unpaired) electrons. The maximum atomic E-state index is 11.4. The van der Waals surface area contributed by atoms with Crippen LogP contribution in [0.3, 0.4) is 0 Å². The van der Waals surface area contributed by atoms with E-state index in [2.05, 4.69) is 17.4 Å². The zero-order valence-corrected chi connectivity index (χ0v) is 9.60. The topological polar surface area (TPSA) is 50.1 Å². The van der Waals surface area contributed by atoms with Crippen molar-refractivity contribution in [3.8, 4) is 6.07 Å². The molecule has 0 N–H and O–H groups in total. The minimum absolute atomic E-state index is 0.0847. The van der Waals surface area contributed by atoms with Crippen molar-refractivity contribution in [2.24, 2.45) is 0 Å². The Morgan fingerprint density at radius 1 is 1.67 bits per heavy atom. The van der Waals surface area contributed by atoms with Crippen molar-refractivity contribution in [1.29, 1.82) is 5.26 Å². The Morgan fingerprint density at radius 2 is 2.33 bits per heavy atom. The van der Waals surface area contributed by atoms with E-state index in [0.717, 1.165) is 0 Å². The Morgan fingerprint density at radius 3 is 2.80 bits per heavy atom. The first-order chi connectivity index (χ1) is 7.13. The molecule has 0 saturated carbocycles. The molecule has 0 aliphatic rings. The molecule has 0 amide bonds. The summed E-state index contributed by atoms with van der Waals surface area (Å²) in [5, 5.41) is 8.86. The van der Waals surface area contributed by atoms with Crippen molar-refractivity contribution in [2.45, 2.75) is 10.8 Å². The molecule has 0 saturated heterocycles. The predicted molar refractivity (Wildman–Crippen MR) is 59.3 cm³/mol. The summed E-state index contributed by atoms with van der Waals surface area (Å²) in [5.74, 6) is -0.431. The standard InChI is InChI=1S/C10H8ClNO2S/c1-14-10(13)8-3-7(15)2-6(5-12)9(8)4-11/h2-3,15H,4H2,1H3. The van der Waals surface area contributed by atoms with Gasteiger partial charge in [-0.15, -0.1) is 24.2 Å². The number of ether oxygens (including phenoxy) is 1. The number of hydrogen-bond acceptors (Lipinski definition) is 4. The average molecular weight is 242 g/mol. The van der Waals surface area contributed by atoms with Gasteiger partial charge in [0.25, 0.3) is 0 Å². The molecule has 0 unspecified atom stereocenters. The van der Waals surface area contributed by atoms with Gasteiger partial charge < -0.3 is 4.74 Å². The lowest BCUT2D eigenvalue weighted by atomic mass is 10.0. The number of rotatable bonds is 2. The van der Waals surface area contributed by atoms with Gasteiger partial charge in [0.1, 0.15) is 0 Å². The molecule has 0 aromatic heterocycles. The summed E-state index contributed by atoms with van der Waals surface area (Å²) in [6.07, 6.45) is 0. The van der Waals surface area contributed by atoms with Gasteiger partial charge in [-0.1, -0.05) is 0 Å². The maximum Gasteiger partial charge on any atom is 0.338 e. The number of carbonyl (C=O) groups is 1. The van der Waals surface area contributed by atoms with Gasteiger partial charge in [0.15, 0.2) is 0 Å². The first-order valence-corrected chi connectivity index (χ1v) is 5.02. The number of nitrogens with zero attached hydrogens (tertiary/aromatic N) is 1. The van der Waals surface area contributed by atoms with E-state index in [1.807, 2.05) is 6.07 Å². The molecule has 1 aromatic carbocycles. The third kappa shape index (κ3) is 2.44. The van der Waals surface area contributed by atoms with Crippen molar-refractivity contribution in [3.05, 3.63) is 28.8 Å². The molecule has 0 atom stereocenters. The van der Waals surface area contributed by atoms with Crippen LogP contribution in [0, 0.1) is 11.3 Å². The van der Waals surface area contributed by atoms with Gasteiger partial charge in [-0.25, -0.2) is 4.79 Å². The van der Waals surface area contributed by atoms with Gasteiger partial charge in [0.2, 0.25) is 0 Å². The lowest BCUT2D eigenvalue weighted by molar-refractivity contribution is 0.0599. The van der Waals surface area contributed by atoms with E-state index in [1.165, 1.54) is 13.2 Å². The molecule has 78 valence electrons. The number of methoxy groups -OCH3 is 1. The molecule has 5 heteroatoms. The molecule has 0 bridgehead atoms. The highest BCUT2D eigenvalue weighted by Gasteiger charge is 2.15. The lowest BCUT2D eigenvalue weighted by Crippen LogP contribution is -2.06. The van der Waals surface area contributed by atoms with Gasteiger partial charge in [0.05, 0.1) is 24.3 Å². The number of benzene rings is 1. The van der Waals surface area contributed by atoms with Crippen molar-refractivity contribution in [3.63, 3.8) is 0 Å². The first kappa shape index (κ1) is 11.9. The largest absolute Gasteiger partial charge is 0.465 e. The van der Waals surface area contributed by atoms with Crippen LogP contribution in [0.5, 0.6) is 0 Å².